The lowest BCUT2D eigenvalue weighted by molar-refractivity contribution is 0.295. The zero-order valence-electron chi connectivity index (χ0n) is 9.38. The molecule has 1 rings (SSSR count). The lowest BCUT2D eigenvalue weighted by atomic mass is 10.1. The van der Waals surface area contributed by atoms with Crippen molar-refractivity contribution in [3.05, 3.63) is 29.3 Å². The summed E-state index contributed by atoms with van der Waals surface area (Å²) in [5.41, 5.74) is 9.32. The van der Waals surface area contributed by atoms with Crippen LogP contribution < -0.4 is 5.73 Å². The van der Waals surface area contributed by atoms with Crippen LogP contribution in [0, 0.1) is 6.92 Å². The molecule has 0 amide bonds. The number of rotatable bonds is 4. The molecule has 0 fully saturated rings. The number of hydrogen-bond acceptors (Lipinski definition) is 2. The van der Waals surface area contributed by atoms with Crippen LogP contribution in [0.15, 0.2) is 18.2 Å². The molecule has 0 saturated carbocycles. The molecule has 0 heterocycles. The molecule has 0 unspecified atom stereocenters. The minimum atomic E-state index is 0.898. The molecule has 2 heteroatoms. The van der Waals surface area contributed by atoms with Gasteiger partial charge in [-0.05, 0) is 37.2 Å². The van der Waals surface area contributed by atoms with Crippen molar-refractivity contribution in [2.24, 2.45) is 0 Å². The third kappa shape index (κ3) is 2.48. The molecular weight excluding hydrogens is 172 g/mol. The summed E-state index contributed by atoms with van der Waals surface area (Å²) in [6, 6.07) is 6.15. The molecule has 0 aromatic heterocycles. The van der Waals surface area contributed by atoms with Gasteiger partial charge in [0.2, 0.25) is 0 Å². The fraction of sp³-hybridized carbons (Fsp3) is 0.500. The third-order valence-electron chi connectivity index (χ3n) is 2.78. The van der Waals surface area contributed by atoms with Crippen molar-refractivity contribution in [2.45, 2.75) is 27.3 Å². The quantitative estimate of drug-likeness (QED) is 0.742. The van der Waals surface area contributed by atoms with Gasteiger partial charge in [0.05, 0.1) is 0 Å². The lowest BCUT2D eigenvalue weighted by Crippen LogP contribution is -2.22. The second kappa shape index (κ2) is 5.01. The fourth-order valence-electron chi connectivity index (χ4n) is 1.56. The smallest absolute Gasteiger partial charge is 0.0346 e. The van der Waals surface area contributed by atoms with Crippen LogP contribution in [0.4, 0.5) is 5.69 Å². The number of anilines is 1. The average Bonchev–Trinajstić information content (AvgIpc) is 2.20. The molecule has 0 radical (unpaired) electrons. The highest BCUT2D eigenvalue weighted by molar-refractivity contribution is 5.49. The summed E-state index contributed by atoms with van der Waals surface area (Å²) < 4.78 is 0. The zero-order chi connectivity index (χ0) is 10.6. The van der Waals surface area contributed by atoms with E-state index in [2.05, 4.69) is 31.7 Å². The van der Waals surface area contributed by atoms with Gasteiger partial charge in [-0.3, -0.25) is 4.90 Å². The molecule has 1 aromatic rings. The van der Waals surface area contributed by atoms with E-state index in [1.807, 2.05) is 12.1 Å². The molecule has 0 aliphatic rings. The molecule has 14 heavy (non-hydrogen) atoms. The molecule has 1 aromatic carbocycles. The first-order valence-corrected chi connectivity index (χ1v) is 5.25. The van der Waals surface area contributed by atoms with Crippen LogP contribution in [-0.4, -0.2) is 18.0 Å². The van der Waals surface area contributed by atoms with Crippen LogP contribution in [-0.2, 0) is 6.54 Å². The molecule has 78 valence electrons. The number of nitrogens with two attached hydrogens (primary N) is 1. The highest BCUT2D eigenvalue weighted by Crippen LogP contribution is 2.16. The van der Waals surface area contributed by atoms with Gasteiger partial charge >= 0.3 is 0 Å². The summed E-state index contributed by atoms with van der Waals surface area (Å²) in [7, 11) is 0. The van der Waals surface area contributed by atoms with Crippen LogP contribution in [0.5, 0.6) is 0 Å². The van der Waals surface area contributed by atoms with Gasteiger partial charge in [0.1, 0.15) is 0 Å². The van der Waals surface area contributed by atoms with Crippen molar-refractivity contribution < 1.29 is 0 Å². The van der Waals surface area contributed by atoms with E-state index in [0.29, 0.717) is 0 Å². The zero-order valence-corrected chi connectivity index (χ0v) is 9.38. The fourth-order valence-corrected chi connectivity index (χ4v) is 1.56. The first-order chi connectivity index (χ1) is 6.69. The van der Waals surface area contributed by atoms with Crippen molar-refractivity contribution >= 4 is 5.69 Å². The molecule has 0 bridgehead atoms. The van der Waals surface area contributed by atoms with Crippen LogP contribution in [0.3, 0.4) is 0 Å². The number of nitrogens with zero attached hydrogens (tertiary/aromatic N) is 1. The van der Waals surface area contributed by atoms with Crippen LogP contribution in [0.2, 0.25) is 0 Å². The second-order valence-electron chi connectivity index (χ2n) is 3.59. The predicted molar refractivity (Wildman–Crippen MR) is 62.2 cm³/mol. The summed E-state index contributed by atoms with van der Waals surface area (Å²) in [5.74, 6) is 0. The summed E-state index contributed by atoms with van der Waals surface area (Å²) in [5, 5.41) is 0. The van der Waals surface area contributed by atoms with Gasteiger partial charge in [-0.25, -0.2) is 0 Å². The van der Waals surface area contributed by atoms with Gasteiger partial charge in [0, 0.05) is 12.2 Å². The van der Waals surface area contributed by atoms with E-state index in [4.69, 9.17) is 5.73 Å². The first-order valence-electron chi connectivity index (χ1n) is 5.25. The van der Waals surface area contributed by atoms with E-state index in [9.17, 15) is 0 Å². The van der Waals surface area contributed by atoms with Crippen molar-refractivity contribution in [2.75, 3.05) is 18.8 Å². The summed E-state index contributed by atoms with van der Waals surface area (Å²) >= 11 is 0. The molecule has 2 N–H and O–H groups in total. The maximum Gasteiger partial charge on any atom is 0.0346 e. The SMILES string of the molecule is CCN(CC)Cc1cccc(N)c1C. The lowest BCUT2D eigenvalue weighted by Gasteiger charge is -2.19. The van der Waals surface area contributed by atoms with Crippen LogP contribution in [0.25, 0.3) is 0 Å². The predicted octanol–water partition coefficient (Wildman–Crippen LogP) is 2.42. The topological polar surface area (TPSA) is 29.3 Å². The maximum absolute atomic E-state index is 5.86. The van der Waals surface area contributed by atoms with E-state index in [1.54, 1.807) is 0 Å². The van der Waals surface area contributed by atoms with E-state index < -0.39 is 0 Å². The molecule has 2 nitrogen and oxygen atoms in total. The highest BCUT2D eigenvalue weighted by atomic mass is 15.1. The Hall–Kier alpha value is -1.02. The Morgan fingerprint density at radius 1 is 1.21 bits per heavy atom. The first kappa shape index (κ1) is 11.1. The average molecular weight is 192 g/mol. The minimum absolute atomic E-state index is 0.898. The Morgan fingerprint density at radius 2 is 1.86 bits per heavy atom. The van der Waals surface area contributed by atoms with Crippen molar-refractivity contribution in [1.82, 2.24) is 4.90 Å². The summed E-state index contributed by atoms with van der Waals surface area (Å²) in [4.78, 5) is 2.39. The summed E-state index contributed by atoms with van der Waals surface area (Å²) in [6.07, 6.45) is 0. The van der Waals surface area contributed by atoms with Crippen molar-refractivity contribution in [3.63, 3.8) is 0 Å². The maximum atomic E-state index is 5.86. The molecule has 0 aliphatic carbocycles. The van der Waals surface area contributed by atoms with Gasteiger partial charge in [-0.2, -0.15) is 0 Å². The molecule has 0 atom stereocenters. The Morgan fingerprint density at radius 3 is 2.43 bits per heavy atom. The molecule has 0 saturated heterocycles. The number of nitrogen functional groups attached to an aromatic ring is 1. The normalized spacial score (nSPS) is 10.9. The van der Waals surface area contributed by atoms with Crippen molar-refractivity contribution in [1.29, 1.82) is 0 Å². The van der Waals surface area contributed by atoms with Gasteiger partial charge in [0.15, 0.2) is 0 Å². The summed E-state index contributed by atoms with van der Waals surface area (Å²) in [6.45, 7) is 9.64. The van der Waals surface area contributed by atoms with E-state index in [-0.39, 0.29) is 0 Å². The Kier molecular flexibility index (Phi) is 3.96. The Labute approximate surface area is 86.7 Å². The standard InChI is InChI=1S/C12H20N2/c1-4-14(5-2)9-11-7-6-8-12(13)10(11)3/h6-8H,4-5,9,13H2,1-3H3. The van der Waals surface area contributed by atoms with Crippen LogP contribution in [0.1, 0.15) is 25.0 Å². The molecule has 0 spiro atoms. The highest BCUT2D eigenvalue weighted by Gasteiger charge is 2.04. The monoisotopic (exact) mass is 192 g/mol. The second-order valence-corrected chi connectivity index (χ2v) is 3.59. The Balaban J connectivity index is 2.80. The van der Waals surface area contributed by atoms with E-state index in [0.717, 1.165) is 25.3 Å². The number of benzene rings is 1. The Bertz CT molecular complexity index is 290. The van der Waals surface area contributed by atoms with E-state index >= 15 is 0 Å². The third-order valence-corrected chi connectivity index (χ3v) is 2.78. The van der Waals surface area contributed by atoms with Gasteiger partial charge in [0.25, 0.3) is 0 Å². The van der Waals surface area contributed by atoms with Gasteiger partial charge in [-0.15, -0.1) is 0 Å². The molecule has 0 aliphatic heterocycles. The van der Waals surface area contributed by atoms with E-state index in [1.165, 1.54) is 11.1 Å². The van der Waals surface area contributed by atoms with Crippen LogP contribution >= 0.6 is 0 Å². The molecular formula is C12H20N2. The van der Waals surface area contributed by atoms with Gasteiger partial charge in [-0.1, -0.05) is 26.0 Å². The number of hydrogen-bond donors (Lipinski definition) is 1. The van der Waals surface area contributed by atoms with Crippen molar-refractivity contribution in [3.8, 4) is 0 Å². The minimum Gasteiger partial charge on any atom is -0.399 e. The van der Waals surface area contributed by atoms with Gasteiger partial charge < -0.3 is 5.73 Å². The largest absolute Gasteiger partial charge is 0.399 e.